The van der Waals surface area contributed by atoms with E-state index in [9.17, 15) is 4.39 Å². The maximum atomic E-state index is 13.4. The molecule has 0 atom stereocenters. The molecule has 0 aliphatic heterocycles. The zero-order chi connectivity index (χ0) is 13.0. The molecule has 2 rings (SSSR count). The Morgan fingerprint density at radius 3 is 2.83 bits per heavy atom. The summed E-state index contributed by atoms with van der Waals surface area (Å²) in [7, 11) is 1.66. The molecule has 1 N–H and O–H groups in total. The second-order valence-corrected chi connectivity index (χ2v) is 4.36. The minimum absolute atomic E-state index is 0.209. The van der Waals surface area contributed by atoms with Gasteiger partial charge in [0.05, 0.1) is 6.61 Å². The van der Waals surface area contributed by atoms with Gasteiger partial charge in [-0.1, -0.05) is 25.5 Å². The second kappa shape index (κ2) is 5.83. The Balaban J connectivity index is 2.48. The quantitative estimate of drug-likeness (QED) is 0.851. The first-order valence-electron chi connectivity index (χ1n) is 6.20. The monoisotopic (exact) mass is 247 g/mol. The zero-order valence-corrected chi connectivity index (χ0v) is 10.8. The molecule has 0 unspecified atom stereocenters. The van der Waals surface area contributed by atoms with Crippen molar-refractivity contribution in [3.63, 3.8) is 0 Å². The van der Waals surface area contributed by atoms with E-state index in [0.29, 0.717) is 6.61 Å². The van der Waals surface area contributed by atoms with E-state index in [4.69, 9.17) is 4.74 Å². The Kier molecular flexibility index (Phi) is 4.15. The number of nitrogens with one attached hydrogen (secondary N) is 1. The van der Waals surface area contributed by atoms with Crippen molar-refractivity contribution in [1.82, 2.24) is 4.98 Å². The third kappa shape index (κ3) is 2.62. The first-order valence-corrected chi connectivity index (χ1v) is 6.20. The Bertz CT molecular complexity index is 495. The fourth-order valence-electron chi connectivity index (χ4n) is 2.24. The normalized spacial score (nSPS) is 10.8. The molecule has 0 spiro atoms. The summed E-state index contributed by atoms with van der Waals surface area (Å²) in [4.78, 5) is 3.23. The molecule has 1 aromatic heterocycles. The molecule has 0 aliphatic rings. The van der Waals surface area contributed by atoms with E-state index >= 15 is 0 Å². The number of aromatic amines is 1. The molecule has 0 saturated heterocycles. The van der Waals surface area contributed by atoms with Gasteiger partial charge in [0.1, 0.15) is 5.82 Å². The number of benzene rings is 1. The lowest BCUT2D eigenvalue weighted by atomic mass is 9.99. The fraction of sp³-hybridized carbons (Fsp3) is 0.333. The summed E-state index contributed by atoms with van der Waals surface area (Å²) in [5.41, 5.74) is 4.21. The Morgan fingerprint density at radius 1 is 1.33 bits per heavy atom. The van der Waals surface area contributed by atoms with E-state index in [1.54, 1.807) is 19.2 Å². The molecule has 3 heteroatoms. The van der Waals surface area contributed by atoms with Gasteiger partial charge < -0.3 is 9.72 Å². The van der Waals surface area contributed by atoms with Crippen LogP contribution < -0.4 is 0 Å². The van der Waals surface area contributed by atoms with Gasteiger partial charge in [-0.25, -0.2) is 4.39 Å². The summed E-state index contributed by atoms with van der Waals surface area (Å²) in [6.45, 7) is 2.65. The van der Waals surface area contributed by atoms with E-state index in [1.165, 1.54) is 11.6 Å². The average molecular weight is 247 g/mol. The summed E-state index contributed by atoms with van der Waals surface area (Å²) in [6.07, 6.45) is 4.04. The molecule has 18 heavy (non-hydrogen) atoms. The van der Waals surface area contributed by atoms with E-state index in [-0.39, 0.29) is 5.82 Å². The first-order chi connectivity index (χ1) is 8.76. The number of hydrogen-bond acceptors (Lipinski definition) is 1. The lowest BCUT2D eigenvalue weighted by Crippen LogP contribution is -1.93. The van der Waals surface area contributed by atoms with Gasteiger partial charge in [0, 0.05) is 24.6 Å². The number of methoxy groups -OCH3 is 1. The van der Waals surface area contributed by atoms with Crippen LogP contribution in [0.1, 0.15) is 24.6 Å². The average Bonchev–Trinajstić information content (AvgIpc) is 2.73. The molecule has 0 bridgehead atoms. The first kappa shape index (κ1) is 12.8. The number of aromatic nitrogens is 1. The van der Waals surface area contributed by atoms with Crippen molar-refractivity contribution in [1.29, 1.82) is 0 Å². The number of H-pyrrole nitrogens is 1. The molecule has 2 nitrogen and oxygen atoms in total. The highest BCUT2D eigenvalue weighted by Crippen LogP contribution is 2.29. The highest BCUT2D eigenvalue weighted by Gasteiger charge is 2.13. The molecule has 1 heterocycles. The van der Waals surface area contributed by atoms with Crippen LogP contribution in [0, 0.1) is 5.82 Å². The standard InChI is InChI=1S/C15H18FNO/c1-3-5-12-9-17-14(10-18-2)15(12)11-6-4-7-13(16)8-11/h4,6-9,17H,3,5,10H2,1-2H3. The number of halogens is 1. The number of aryl methyl sites for hydroxylation is 1. The van der Waals surface area contributed by atoms with Gasteiger partial charge in [-0.05, 0) is 29.7 Å². The summed E-state index contributed by atoms with van der Waals surface area (Å²) in [5.74, 6) is -0.209. The van der Waals surface area contributed by atoms with Crippen molar-refractivity contribution in [3.05, 3.63) is 47.5 Å². The van der Waals surface area contributed by atoms with Crippen LogP contribution in [-0.2, 0) is 17.8 Å². The van der Waals surface area contributed by atoms with Gasteiger partial charge in [-0.2, -0.15) is 0 Å². The smallest absolute Gasteiger partial charge is 0.123 e. The minimum atomic E-state index is -0.209. The van der Waals surface area contributed by atoms with Gasteiger partial charge in [-0.3, -0.25) is 0 Å². The molecular formula is C15H18FNO. The van der Waals surface area contributed by atoms with Gasteiger partial charge in [0.2, 0.25) is 0 Å². The van der Waals surface area contributed by atoms with Crippen LogP contribution in [-0.4, -0.2) is 12.1 Å². The van der Waals surface area contributed by atoms with Gasteiger partial charge in [0.15, 0.2) is 0 Å². The number of rotatable bonds is 5. The predicted molar refractivity (Wildman–Crippen MR) is 70.9 cm³/mol. The Hall–Kier alpha value is -1.61. The van der Waals surface area contributed by atoms with Crippen molar-refractivity contribution in [2.75, 3.05) is 7.11 Å². The molecule has 0 amide bonds. The van der Waals surface area contributed by atoms with Crippen molar-refractivity contribution in [2.45, 2.75) is 26.4 Å². The molecule has 0 saturated carbocycles. The van der Waals surface area contributed by atoms with Crippen LogP contribution in [0.15, 0.2) is 30.5 Å². The third-order valence-corrected chi connectivity index (χ3v) is 2.96. The maximum Gasteiger partial charge on any atom is 0.123 e. The van der Waals surface area contributed by atoms with Crippen LogP contribution in [0.25, 0.3) is 11.1 Å². The molecule has 2 aromatic rings. The highest BCUT2D eigenvalue weighted by atomic mass is 19.1. The lowest BCUT2D eigenvalue weighted by Gasteiger charge is -2.07. The van der Waals surface area contributed by atoms with Crippen LogP contribution in [0.3, 0.4) is 0 Å². The largest absolute Gasteiger partial charge is 0.378 e. The SMILES string of the molecule is CCCc1c[nH]c(COC)c1-c1cccc(F)c1. The Morgan fingerprint density at radius 2 is 2.17 bits per heavy atom. The topological polar surface area (TPSA) is 25.0 Å². The van der Waals surface area contributed by atoms with Gasteiger partial charge >= 0.3 is 0 Å². The Labute approximate surface area is 107 Å². The summed E-state index contributed by atoms with van der Waals surface area (Å²) in [6, 6.07) is 6.71. The zero-order valence-electron chi connectivity index (χ0n) is 10.8. The van der Waals surface area contributed by atoms with E-state index in [2.05, 4.69) is 11.9 Å². The predicted octanol–water partition coefficient (Wildman–Crippen LogP) is 3.92. The van der Waals surface area contributed by atoms with Crippen molar-refractivity contribution in [2.24, 2.45) is 0 Å². The van der Waals surface area contributed by atoms with Crippen molar-refractivity contribution >= 4 is 0 Å². The number of hydrogen-bond donors (Lipinski definition) is 1. The van der Waals surface area contributed by atoms with Crippen molar-refractivity contribution in [3.8, 4) is 11.1 Å². The maximum absolute atomic E-state index is 13.4. The van der Waals surface area contributed by atoms with Crippen LogP contribution in [0.2, 0.25) is 0 Å². The van der Waals surface area contributed by atoms with E-state index < -0.39 is 0 Å². The van der Waals surface area contributed by atoms with Gasteiger partial charge in [-0.15, -0.1) is 0 Å². The van der Waals surface area contributed by atoms with Crippen LogP contribution in [0.5, 0.6) is 0 Å². The van der Waals surface area contributed by atoms with Crippen LogP contribution >= 0.6 is 0 Å². The van der Waals surface area contributed by atoms with E-state index in [0.717, 1.165) is 29.7 Å². The fourth-order valence-corrected chi connectivity index (χ4v) is 2.24. The summed E-state index contributed by atoms with van der Waals surface area (Å²) < 4.78 is 18.5. The molecular weight excluding hydrogens is 229 g/mol. The molecule has 96 valence electrons. The molecule has 0 radical (unpaired) electrons. The van der Waals surface area contributed by atoms with Crippen LogP contribution in [0.4, 0.5) is 4.39 Å². The van der Waals surface area contributed by atoms with Gasteiger partial charge in [0.25, 0.3) is 0 Å². The minimum Gasteiger partial charge on any atom is -0.378 e. The molecule has 0 fully saturated rings. The third-order valence-electron chi connectivity index (χ3n) is 2.96. The summed E-state index contributed by atoms with van der Waals surface area (Å²) in [5, 5.41) is 0. The summed E-state index contributed by atoms with van der Waals surface area (Å²) >= 11 is 0. The molecule has 1 aromatic carbocycles. The van der Waals surface area contributed by atoms with Crippen molar-refractivity contribution < 1.29 is 9.13 Å². The van der Waals surface area contributed by atoms with E-state index in [1.807, 2.05) is 12.3 Å². The molecule has 0 aliphatic carbocycles. The number of ether oxygens (including phenoxy) is 1. The lowest BCUT2D eigenvalue weighted by molar-refractivity contribution is 0.182. The highest BCUT2D eigenvalue weighted by molar-refractivity contribution is 5.70. The second-order valence-electron chi connectivity index (χ2n) is 4.36.